The third-order valence-corrected chi connectivity index (χ3v) is 3.18. The number of amides is 1. The minimum Gasteiger partial charge on any atom is -0.386 e. The Morgan fingerprint density at radius 2 is 2.00 bits per heavy atom. The Labute approximate surface area is 95.7 Å². The first kappa shape index (κ1) is 11.1. The lowest BCUT2D eigenvalue weighted by molar-refractivity contribution is -0.155. The van der Waals surface area contributed by atoms with Crippen LogP contribution in [-0.4, -0.2) is 34.6 Å². The van der Waals surface area contributed by atoms with Crippen LogP contribution in [-0.2, 0) is 11.2 Å². The molecule has 0 radical (unpaired) electrons. The third-order valence-electron chi connectivity index (χ3n) is 3.18. The molecule has 0 atom stereocenters. The van der Waals surface area contributed by atoms with Crippen molar-refractivity contribution in [3.05, 3.63) is 35.9 Å². The van der Waals surface area contributed by atoms with Crippen LogP contribution in [0.15, 0.2) is 30.3 Å². The van der Waals surface area contributed by atoms with E-state index in [2.05, 4.69) is 0 Å². The van der Waals surface area contributed by atoms with E-state index in [-0.39, 0.29) is 5.91 Å². The van der Waals surface area contributed by atoms with Crippen LogP contribution in [0.3, 0.4) is 0 Å². The number of carbonyl (C=O) groups excluding carboxylic acids is 1. The lowest BCUT2D eigenvalue weighted by Gasteiger charge is -2.46. The second-order valence-corrected chi connectivity index (χ2v) is 4.49. The predicted molar refractivity (Wildman–Crippen MR) is 62.0 cm³/mol. The van der Waals surface area contributed by atoms with E-state index < -0.39 is 5.60 Å². The van der Waals surface area contributed by atoms with Gasteiger partial charge in [0, 0.05) is 0 Å². The molecule has 1 heterocycles. The number of nitrogens with zero attached hydrogens (tertiary/aromatic N) is 1. The first-order valence-corrected chi connectivity index (χ1v) is 5.67. The monoisotopic (exact) mass is 219 g/mol. The molecule has 1 aromatic carbocycles. The van der Waals surface area contributed by atoms with Crippen molar-refractivity contribution in [3.8, 4) is 0 Å². The molecule has 0 aliphatic carbocycles. The van der Waals surface area contributed by atoms with Crippen molar-refractivity contribution < 1.29 is 9.90 Å². The third kappa shape index (κ3) is 2.25. The molecular formula is C13H17NO2. The van der Waals surface area contributed by atoms with Crippen molar-refractivity contribution in [3.63, 3.8) is 0 Å². The van der Waals surface area contributed by atoms with Gasteiger partial charge in [0.1, 0.15) is 0 Å². The van der Waals surface area contributed by atoms with E-state index in [0.717, 1.165) is 5.56 Å². The minimum absolute atomic E-state index is 0.101. The number of aliphatic hydroxyl groups is 1. The van der Waals surface area contributed by atoms with E-state index in [9.17, 15) is 9.90 Å². The molecular weight excluding hydrogens is 202 g/mol. The highest BCUT2D eigenvalue weighted by atomic mass is 16.3. The van der Waals surface area contributed by atoms with E-state index in [1.807, 2.05) is 37.3 Å². The van der Waals surface area contributed by atoms with Gasteiger partial charge in [-0.15, -0.1) is 0 Å². The summed E-state index contributed by atoms with van der Waals surface area (Å²) >= 11 is 0. The zero-order chi connectivity index (χ0) is 11.6. The highest BCUT2D eigenvalue weighted by molar-refractivity contribution is 5.79. The first-order valence-electron chi connectivity index (χ1n) is 5.67. The van der Waals surface area contributed by atoms with E-state index in [1.54, 1.807) is 4.90 Å². The normalized spacial score (nSPS) is 18.0. The smallest absolute Gasteiger partial charge is 0.227 e. The molecule has 3 nitrogen and oxygen atoms in total. The van der Waals surface area contributed by atoms with E-state index in [1.165, 1.54) is 0 Å². The molecule has 1 amide bonds. The van der Waals surface area contributed by atoms with Crippen molar-refractivity contribution in [2.24, 2.45) is 0 Å². The highest BCUT2D eigenvalue weighted by Gasteiger charge is 2.41. The fourth-order valence-corrected chi connectivity index (χ4v) is 1.95. The Balaban J connectivity index is 1.87. The molecule has 3 heteroatoms. The van der Waals surface area contributed by atoms with Gasteiger partial charge in [0.25, 0.3) is 0 Å². The Bertz CT molecular complexity index is 369. The maximum atomic E-state index is 11.8. The van der Waals surface area contributed by atoms with Gasteiger partial charge < -0.3 is 10.0 Å². The molecule has 2 rings (SSSR count). The van der Waals surface area contributed by atoms with Crippen molar-refractivity contribution in [1.29, 1.82) is 0 Å². The van der Waals surface area contributed by atoms with Gasteiger partial charge in [-0.25, -0.2) is 0 Å². The number of rotatable bonds is 3. The van der Waals surface area contributed by atoms with Gasteiger partial charge in [-0.3, -0.25) is 4.79 Å². The van der Waals surface area contributed by atoms with Crippen LogP contribution in [0.1, 0.15) is 18.9 Å². The fourth-order valence-electron chi connectivity index (χ4n) is 1.95. The van der Waals surface area contributed by atoms with Crippen LogP contribution in [0.4, 0.5) is 0 Å². The van der Waals surface area contributed by atoms with Gasteiger partial charge in [0.2, 0.25) is 5.91 Å². The second kappa shape index (κ2) is 4.26. The van der Waals surface area contributed by atoms with E-state index >= 15 is 0 Å². The molecule has 1 N–H and O–H groups in total. The maximum absolute atomic E-state index is 11.8. The Kier molecular flexibility index (Phi) is 2.97. The zero-order valence-electron chi connectivity index (χ0n) is 9.52. The van der Waals surface area contributed by atoms with Gasteiger partial charge in [0.05, 0.1) is 25.1 Å². The number of likely N-dealkylation sites (tertiary alicyclic amines) is 1. The van der Waals surface area contributed by atoms with Gasteiger partial charge in [-0.2, -0.15) is 0 Å². The quantitative estimate of drug-likeness (QED) is 0.830. The minimum atomic E-state index is -0.633. The summed E-state index contributed by atoms with van der Waals surface area (Å²) in [5.41, 5.74) is 0.395. The largest absolute Gasteiger partial charge is 0.386 e. The summed E-state index contributed by atoms with van der Waals surface area (Å²) in [4.78, 5) is 13.5. The summed E-state index contributed by atoms with van der Waals surface area (Å²) in [6.45, 7) is 2.91. The molecule has 1 aliphatic heterocycles. The van der Waals surface area contributed by atoms with Crippen LogP contribution in [0.5, 0.6) is 0 Å². The molecule has 0 aromatic heterocycles. The summed E-state index contributed by atoms with van der Waals surface area (Å²) in [6.07, 6.45) is 1.14. The molecule has 1 aromatic rings. The highest BCUT2D eigenvalue weighted by Crippen LogP contribution is 2.24. The summed E-state index contributed by atoms with van der Waals surface area (Å²) in [6, 6.07) is 9.70. The SMILES string of the molecule is CCC1(O)CN(C(=O)Cc2ccccc2)C1. The van der Waals surface area contributed by atoms with Crippen molar-refractivity contribution >= 4 is 5.91 Å². The molecule has 86 valence electrons. The maximum Gasteiger partial charge on any atom is 0.227 e. The van der Waals surface area contributed by atoms with Gasteiger partial charge >= 0.3 is 0 Å². The average molecular weight is 219 g/mol. The summed E-state index contributed by atoms with van der Waals surface area (Å²) in [5, 5.41) is 9.81. The number of β-amino-alcohol motifs (C(OH)–C–C–N with tert-alkyl or cyclic N) is 1. The zero-order valence-corrected chi connectivity index (χ0v) is 9.52. The number of carbonyl (C=O) groups is 1. The van der Waals surface area contributed by atoms with Crippen LogP contribution in [0.25, 0.3) is 0 Å². The van der Waals surface area contributed by atoms with Gasteiger partial charge in [-0.05, 0) is 12.0 Å². The molecule has 0 saturated carbocycles. The molecule has 1 saturated heterocycles. The van der Waals surface area contributed by atoms with Crippen LogP contribution in [0.2, 0.25) is 0 Å². The fraction of sp³-hybridized carbons (Fsp3) is 0.462. The summed E-state index contributed by atoms with van der Waals surface area (Å²) < 4.78 is 0. The lowest BCUT2D eigenvalue weighted by atomic mass is 9.91. The van der Waals surface area contributed by atoms with Gasteiger partial charge in [0.15, 0.2) is 0 Å². The topological polar surface area (TPSA) is 40.5 Å². The number of hydrogen-bond acceptors (Lipinski definition) is 2. The Morgan fingerprint density at radius 1 is 1.38 bits per heavy atom. The summed E-state index contributed by atoms with van der Waals surface area (Å²) in [7, 11) is 0. The van der Waals surface area contributed by atoms with Crippen molar-refractivity contribution in [2.75, 3.05) is 13.1 Å². The number of benzene rings is 1. The summed E-state index contributed by atoms with van der Waals surface area (Å²) in [5.74, 6) is 0.101. The molecule has 16 heavy (non-hydrogen) atoms. The van der Waals surface area contributed by atoms with Crippen molar-refractivity contribution in [1.82, 2.24) is 4.90 Å². The predicted octanol–water partition coefficient (Wildman–Crippen LogP) is 1.21. The first-order chi connectivity index (χ1) is 7.63. The van der Waals surface area contributed by atoms with Crippen LogP contribution in [0, 0.1) is 0 Å². The molecule has 0 spiro atoms. The van der Waals surface area contributed by atoms with Crippen molar-refractivity contribution in [2.45, 2.75) is 25.4 Å². The molecule has 0 unspecified atom stereocenters. The molecule has 1 fully saturated rings. The Morgan fingerprint density at radius 3 is 2.56 bits per heavy atom. The van der Waals surface area contributed by atoms with E-state index in [0.29, 0.717) is 25.9 Å². The standard InChI is InChI=1S/C13H17NO2/c1-2-13(16)9-14(10-13)12(15)8-11-6-4-3-5-7-11/h3-7,16H,2,8-10H2,1H3. The van der Waals surface area contributed by atoms with Crippen LogP contribution < -0.4 is 0 Å². The Hall–Kier alpha value is -1.35. The van der Waals surface area contributed by atoms with Gasteiger partial charge in [-0.1, -0.05) is 37.3 Å². The van der Waals surface area contributed by atoms with E-state index in [4.69, 9.17) is 0 Å². The molecule has 0 bridgehead atoms. The second-order valence-electron chi connectivity index (χ2n) is 4.49. The average Bonchev–Trinajstić information content (AvgIpc) is 2.26. The lowest BCUT2D eigenvalue weighted by Crippen LogP contribution is -2.63. The number of hydrogen-bond donors (Lipinski definition) is 1. The molecule has 1 aliphatic rings. The van der Waals surface area contributed by atoms with Crippen LogP contribution >= 0.6 is 0 Å².